The Morgan fingerprint density at radius 3 is 1.50 bits per heavy atom. The summed E-state index contributed by atoms with van der Waals surface area (Å²) in [6.07, 6.45) is 16.2. The SMILES string of the molecule is CCCCCCCCc1c(C)sc2c1c(=O)c1cc3c(cc12)c(=O)c1c(CCCCCCCC)c(-c2sc(-c4sc(C)c5c4OCCO5)c4c2OCCO4)sc13. The molecule has 0 bridgehead atoms. The summed E-state index contributed by atoms with van der Waals surface area (Å²) in [5.41, 5.74) is 2.53. The predicted octanol–water partition coefficient (Wildman–Crippen LogP) is 13.4. The van der Waals surface area contributed by atoms with Crippen LogP contribution in [0.2, 0.25) is 0 Å². The van der Waals surface area contributed by atoms with E-state index in [1.54, 1.807) is 45.3 Å². The Labute approximate surface area is 344 Å². The van der Waals surface area contributed by atoms with Crippen molar-refractivity contribution in [3.05, 3.63) is 53.5 Å². The number of ether oxygens (including phenoxy) is 4. The van der Waals surface area contributed by atoms with Gasteiger partial charge in [0, 0.05) is 51.5 Å². The van der Waals surface area contributed by atoms with Crippen molar-refractivity contribution in [2.24, 2.45) is 0 Å². The first-order valence-corrected chi connectivity index (χ1v) is 24.1. The molecule has 7 aromatic rings. The van der Waals surface area contributed by atoms with E-state index in [9.17, 15) is 9.59 Å². The van der Waals surface area contributed by atoms with Gasteiger partial charge in [-0.1, -0.05) is 78.1 Å². The fourth-order valence-corrected chi connectivity index (χ4v) is 14.0. The van der Waals surface area contributed by atoms with Crippen LogP contribution in [0.25, 0.3) is 61.2 Å². The van der Waals surface area contributed by atoms with Crippen LogP contribution in [0.5, 0.6) is 23.0 Å². The van der Waals surface area contributed by atoms with Gasteiger partial charge in [0.2, 0.25) is 0 Å². The van der Waals surface area contributed by atoms with Crippen LogP contribution in [0.1, 0.15) is 112 Å². The lowest BCUT2D eigenvalue weighted by atomic mass is 10.0. The van der Waals surface area contributed by atoms with Crippen LogP contribution in [0.15, 0.2) is 21.7 Å². The molecular formula is C46H50O6S4. The van der Waals surface area contributed by atoms with Gasteiger partial charge in [-0.3, -0.25) is 9.59 Å². The summed E-state index contributed by atoms with van der Waals surface area (Å²) in [5, 5.41) is 5.02. The van der Waals surface area contributed by atoms with Crippen LogP contribution in [-0.2, 0) is 12.8 Å². The molecule has 0 saturated carbocycles. The summed E-state index contributed by atoms with van der Waals surface area (Å²) in [6.45, 7) is 10.7. The van der Waals surface area contributed by atoms with Crippen LogP contribution < -0.4 is 29.8 Å². The van der Waals surface area contributed by atoms with Gasteiger partial charge < -0.3 is 18.9 Å². The van der Waals surface area contributed by atoms with Gasteiger partial charge in [0.25, 0.3) is 0 Å². The number of hydrogen-bond acceptors (Lipinski definition) is 10. The summed E-state index contributed by atoms with van der Waals surface area (Å²) >= 11 is 6.75. The second kappa shape index (κ2) is 16.1. The van der Waals surface area contributed by atoms with Crippen molar-refractivity contribution in [2.45, 2.75) is 118 Å². The fraction of sp³-hybridized carbons (Fsp3) is 0.478. The third-order valence-corrected chi connectivity index (χ3v) is 16.7. The second-order valence-electron chi connectivity index (χ2n) is 15.5. The molecule has 3 aromatic carbocycles. The minimum atomic E-state index is 0.0825. The summed E-state index contributed by atoms with van der Waals surface area (Å²) in [7, 11) is 0. The maximum absolute atomic E-state index is 14.8. The molecule has 2 aliphatic rings. The Morgan fingerprint density at radius 1 is 0.464 bits per heavy atom. The fourth-order valence-electron chi connectivity index (χ4n) is 8.90. The Bertz CT molecular complexity index is 2660. The Balaban J connectivity index is 1.17. The molecule has 0 N–H and O–H groups in total. The van der Waals surface area contributed by atoms with E-state index in [0.717, 1.165) is 127 Å². The molecule has 0 amide bonds. The standard InChI is InChI=1S/C46H50O6S4/c1-5-7-9-11-13-15-17-27-25(3)53-41-31-23-30-32(24-29(31)35(47)33(27)41)42-34(36(30)48)28(18-16-14-12-10-8-6-2)43(55-42)44-39-40(52-22-21-51-39)46(56-44)45-38-37(26(4)54-45)49-19-20-50-38/h23-24H,5-22H2,1-4H3. The number of benzene rings is 1. The van der Waals surface area contributed by atoms with Gasteiger partial charge in [-0.2, -0.15) is 0 Å². The molecule has 0 aliphatic carbocycles. The molecule has 4 aromatic heterocycles. The summed E-state index contributed by atoms with van der Waals surface area (Å²) in [5.74, 6) is 3.11. The van der Waals surface area contributed by atoms with E-state index in [-0.39, 0.29) is 10.9 Å². The van der Waals surface area contributed by atoms with Crippen molar-refractivity contribution in [3.8, 4) is 42.5 Å². The highest BCUT2D eigenvalue weighted by molar-refractivity contribution is 7.29. The Morgan fingerprint density at radius 2 is 0.911 bits per heavy atom. The summed E-state index contributed by atoms with van der Waals surface area (Å²) in [6, 6.07) is 4.10. The first-order chi connectivity index (χ1) is 27.4. The lowest BCUT2D eigenvalue weighted by Gasteiger charge is -2.18. The minimum absolute atomic E-state index is 0.0825. The maximum Gasteiger partial charge on any atom is 0.195 e. The zero-order valence-corrected chi connectivity index (χ0v) is 36.2. The largest absolute Gasteiger partial charge is 0.485 e. The first kappa shape index (κ1) is 38.1. The lowest BCUT2D eigenvalue weighted by molar-refractivity contribution is 0.171. The first-order valence-electron chi connectivity index (χ1n) is 20.8. The van der Waals surface area contributed by atoms with Crippen LogP contribution in [0, 0.1) is 13.8 Å². The third kappa shape index (κ3) is 6.47. The Hall–Kier alpha value is -3.44. The van der Waals surface area contributed by atoms with E-state index in [4.69, 9.17) is 18.9 Å². The van der Waals surface area contributed by atoms with Crippen molar-refractivity contribution in [2.75, 3.05) is 26.4 Å². The molecule has 294 valence electrons. The molecule has 6 nitrogen and oxygen atoms in total. The smallest absolute Gasteiger partial charge is 0.195 e. The monoisotopic (exact) mass is 826 g/mol. The van der Waals surface area contributed by atoms with Crippen molar-refractivity contribution in [1.29, 1.82) is 0 Å². The average Bonchev–Trinajstić information content (AvgIpc) is 4.04. The van der Waals surface area contributed by atoms with Gasteiger partial charge in [0.05, 0.1) is 19.5 Å². The predicted molar refractivity (Wildman–Crippen MR) is 239 cm³/mol. The molecular weight excluding hydrogens is 777 g/mol. The van der Waals surface area contributed by atoms with Gasteiger partial charge in [-0.05, 0) is 62.8 Å². The number of unbranched alkanes of at least 4 members (excludes halogenated alkanes) is 10. The minimum Gasteiger partial charge on any atom is -0.485 e. The maximum atomic E-state index is 14.8. The Kier molecular flexibility index (Phi) is 10.9. The molecule has 0 atom stereocenters. The van der Waals surface area contributed by atoms with Crippen molar-refractivity contribution >= 4 is 87.1 Å². The molecule has 9 rings (SSSR count). The van der Waals surface area contributed by atoms with Crippen LogP contribution in [-0.4, -0.2) is 26.4 Å². The molecule has 0 spiro atoms. The van der Waals surface area contributed by atoms with Crippen molar-refractivity contribution in [1.82, 2.24) is 0 Å². The zero-order chi connectivity index (χ0) is 38.5. The van der Waals surface area contributed by atoms with Gasteiger partial charge >= 0.3 is 0 Å². The lowest BCUT2D eigenvalue weighted by Crippen LogP contribution is -2.15. The van der Waals surface area contributed by atoms with Gasteiger partial charge in [-0.25, -0.2) is 0 Å². The van der Waals surface area contributed by atoms with Crippen LogP contribution >= 0.6 is 45.3 Å². The van der Waals surface area contributed by atoms with Crippen LogP contribution in [0.3, 0.4) is 0 Å². The molecule has 6 heterocycles. The normalized spacial score (nSPS) is 14.1. The van der Waals surface area contributed by atoms with E-state index in [1.165, 1.54) is 68.2 Å². The number of fused-ring (bicyclic) bond motifs is 8. The van der Waals surface area contributed by atoms with E-state index in [2.05, 4.69) is 39.8 Å². The topological polar surface area (TPSA) is 71.1 Å². The van der Waals surface area contributed by atoms with Gasteiger partial charge in [0.1, 0.15) is 26.4 Å². The highest BCUT2D eigenvalue weighted by Gasteiger charge is 2.34. The summed E-state index contributed by atoms with van der Waals surface area (Å²) < 4.78 is 27.1. The van der Waals surface area contributed by atoms with E-state index < -0.39 is 0 Å². The van der Waals surface area contributed by atoms with E-state index in [0.29, 0.717) is 26.4 Å². The molecule has 0 radical (unpaired) electrons. The number of aryl methyl sites for hydroxylation is 4. The molecule has 56 heavy (non-hydrogen) atoms. The van der Waals surface area contributed by atoms with Gasteiger partial charge in [-0.15, -0.1) is 45.3 Å². The highest BCUT2D eigenvalue weighted by atomic mass is 32.1. The molecule has 0 unspecified atom stereocenters. The average molecular weight is 827 g/mol. The molecule has 10 heteroatoms. The number of hydrogen-bond donors (Lipinski definition) is 0. The second-order valence-corrected chi connectivity index (χ2v) is 20.0. The number of thiophene rings is 4. The molecule has 0 fully saturated rings. The van der Waals surface area contributed by atoms with E-state index >= 15 is 0 Å². The third-order valence-electron chi connectivity index (χ3n) is 11.7. The molecule has 0 saturated heterocycles. The summed E-state index contributed by atoms with van der Waals surface area (Å²) in [4.78, 5) is 35.5. The zero-order valence-electron chi connectivity index (χ0n) is 33.0. The number of rotatable bonds is 16. The molecule has 2 aliphatic heterocycles. The van der Waals surface area contributed by atoms with Crippen LogP contribution in [0.4, 0.5) is 0 Å². The quantitative estimate of drug-likeness (QED) is 0.0904. The van der Waals surface area contributed by atoms with Crippen molar-refractivity contribution < 1.29 is 18.9 Å². The van der Waals surface area contributed by atoms with E-state index in [1.807, 2.05) is 0 Å². The van der Waals surface area contributed by atoms with Gasteiger partial charge in [0.15, 0.2) is 33.9 Å². The highest BCUT2D eigenvalue weighted by Crippen LogP contribution is 2.61. The van der Waals surface area contributed by atoms with Crippen molar-refractivity contribution in [3.63, 3.8) is 0 Å².